The molecular formula is C22H29N3O5. The van der Waals surface area contributed by atoms with Gasteiger partial charge in [0.15, 0.2) is 5.75 Å². The molecule has 2 unspecified atom stereocenters. The summed E-state index contributed by atoms with van der Waals surface area (Å²) in [6, 6.07) is 9.64. The van der Waals surface area contributed by atoms with Crippen molar-refractivity contribution < 1.29 is 19.7 Å². The molecule has 162 valence electrons. The van der Waals surface area contributed by atoms with E-state index in [9.17, 15) is 15.0 Å². The fourth-order valence-electron chi connectivity index (χ4n) is 3.86. The summed E-state index contributed by atoms with van der Waals surface area (Å²) in [4.78, 5) is 14.6. The second-order valence-electron chi connectivity index (χ2n) is 7.95. The number of nitrogens with zero attached hydrogens (tertiary/aromatic N) is 2. The maximum atomic E-state index is 12.6. The number of hydrogen-bond donors (Lipinski definition) is 3. The fourth-order valence-corrected chi connectivity index (χ4v) is 3.86. The lowest BCUT2D eigenvalue weighted by molar-refractivity contribution is -0.0818. The zero-order chi connectivity index (χ0) is 20.9. The highest BCUT2D eigenvalue weighted by Crippen LogP contribution is 2.18. The van der Waals surface area contributed by atoms with Gasteiger partial charge in [-0.15, -0.1) is 0 Å². The molecule has 3 N–H and O–H groups in total. The molecule has 0 amide bonds. The maximum Gasteiger partial charge on any atom is 0.293 e. The minimum Gasteiger partial charge on any atom is -0.503 e. The van der Waals surface area contributed by atoms with Gasteiger partial charge in [0.2, 0.25) is 0 Å². The van der Waals surface area contributed by atoms with E-state index in [-0.39, 0.29) is 18.0 Å². The van der Waals surface area contributed by atoms with Crippen molar-refractivity contribution in [2.24, 2.45) is 0 Å². The summed E-state index contributed by atoms with van der Waals surface area (Å²) in [7, 11) is 0. The molecule has 30 heavy (non-hydrogen) atoms. The Labute approximate surface area is 175 Å². The third-order valence-corrected chi connectivity index (χ3v) is 5.59. The molecule has 0 bridgehead atoms. The van der Waals surface area contributed by atoms with Crippen LogP contribution in [0.15, 0.2) is 41.3 Å². The van der Waals surface area contributed by atoms with Crippen LogP contribution in [0, 0.1) is 0 Å². The lowest BCUT2D eigenvalue weighted by Gasteiger charge is -2.23. The number of pyridine rings is 1. The van der Waals surface area contributed by atoms with Crippen LogP contribution >= 0.6 is 0 Å². The highest BCUT2D eigenvalue weighted by molar-refractivity contribution is 5.44. The minimum absolute atomic E-state index is 0.0577. The van der Waals surface area contributed by atoms with Crippen molar-refractivity contribution >= 4 is 5.69 Å². The average Bonchev–Trinajstić information content (AvgIpc) is 3.18. The SMILES string of the molecule is O=c1c(O)c(CN2CCC(O)C2)ccn1Cc1ccc(NCC2COCCO2)cc1. The van der Waals surface area contributed by atoms with E-state index in [1.165, 1.54) is 4.57 Å². The lowest BCUT2D eigenvalue weighted by Crippen LogP contribution is -2.34. The fraction of sp³-hybridized carbons (Fsp3) is 0.500. The second-order valence-corrected chi connectivity index (χ2v) is 7.95. The van der Waals surface area contributed by atoms with Crippen LogP contribution in [-0.4, -0.2) is 71.3 Å². The van der Waals surface area contributed by atoms with Crippen LogP contribution in [0.3, 0.4) is 0 Å². The molecular weight excluding hydrogens is 386 g/mol. The van der Waals surface area contributed by atoms with Crippen molar-refractivity contribution in [2.75, 3.05) is 44.8 Å². The molecule has 0 spiro atoms. The molecule has 0 saturated carbocycles. The number of aromatic hydroxyl groups is 1. The standard InChI is InChI=1S/C22H29N3O5/c26-19-6-7-24(14-19)13-17-5-8-25(22(28)21(17)27)12-16-1-3-18(4-2-16)23-11-20-15-29-9-10-30-20/h1-5,8,19-20,23,26-27H,6-7,9-15H2. The van der Waals surface area contributed by atoms with E-state index >= 15 is 0 Å². The smallest absolute Gasteiger partial charge is 0.293 e. The van der Waals surface area contributed by atoms with Gasteiger partial charge in [0.1, 0.15) is 0 Å². The molecule has 1 aromatic heterocycles. The first-order chi connectivity index (χ1) is 14.6. The average molecular weight is 415 g/mol. The summed E-state index contributed by atoms with van der Waals surface area (Å²) < 4.78 is 12.5. The Morgan fingerprint density at radius 3 is 2.67 bits per heavy atom. The zero-order valence-electron chi connectivity index (χ0n) is 17.0. The Morgan fingerprint density at radius 2 is 1.97 bits per heavy atom. The summed E-state index contributed by atoms with van der Waals surface area (Å²) in [6.07, 6.45) is 2.18. The first-order valence-electron chi connectivity index (χ1n) is 10.4. The predicted molar refractivity (Wildman–Crippen MR) is 113 cm³/mol. The van der Waals surface area contributed by atoms with Crippen molar-refractivity contribution in [1.29, 1.82) is 0 Å². The monoisotopic (exact) mass is 415 g/mol. The molecule has 2 saturated heterocycles. The molecule has 8 nitrogen and oxygen atoms in total. The molecule has 4 rings (SSSR count). The number of aliphatic hydroxyl groups excluding tert-OH is 1. The highest BCUT2D eigenvalue weighted by Gasteiger charge is 2.22. The Balaban J connectivity index is 1.35. The predicted octanol–water partition coefficient (Wildman–Crippen LogP) is 0.996. The molecule has 2 fully saturated rings. The van der Waals surface area contributed by atoms with Crippen molar-refractivity contribution in [2.45, 2.75) is 31.7 Å². The van der Waals surface area contributed by atoms with E-state index in [1.54, 1.807) is 12.3 Å². The Kier molecular flexibility index (Phi) is 6.69. The number of aromatic nitrogens is 1. The van der Waals surface area contributed by atoms with Crippen molar-refractivity contribution in [1.82, 2.24) is 9.47 Å². The summed E-state index contributed by atoms with van der Waals surface area (Å²) in [6.45, 7) is 4.76. The molecule has 3 heterocycles. The van der Waals surface area contributed by atoms with E-state index in [2.05, 4.69) is 5.32 Å². The summed E-state index contributed by atoms with van der Waals surface area (Å²) >= 11 is 0. The van der Waals surface area contributed by atoms with Gasteiger partial charge in [-0.1, -0.05) is 12.1 Å². The molecule has 0 radical (unpaired) electrons. The number of ether oxygens (including phenoxy) is 2. The molecule has 1 aromatic carbocycles. The Morgan fingerprint density at radius 1 is 1.13 bits per heavy atom. The normalized spacial score (nSPS) is 22.3. The maximum absolute atomic E-state index is 12.6. The van der Waals surface area contributed by atoms with Gasteiger partial charge in [-0.2, -0.15) is 0 Å². The van der Waals surface area contributed by atoms with Crippen molar-refractivity contribution in [3.05, 3.63) is 58.0 Å². The number of nitrogens with one attached hydrogen (secondary N) is 1. The Bertz CT molecular complexity index is 893. The van der Waals surface area contributed by atoms with Crippen LogP contribution in [0.5, 0.6) is 5.75 Å². The quantitative estimate of drug-likeness (QED) is 0.621. The third-order valence-electron chi connectivity index (χ3n) is 5.59. The third kappa shape index (κ3) is 5.20. The van der Waals surface area contributed by atoms with Crippen molar-refractivity contribution in [3.8, 4) is 5.75 Å². The molecule has 2 atom stereocenters. The number of rotatable bonds is 7. The van der Waals surface area contributed by atoms with Crippen LogP contribution in [0.25, 0.3) is 0 Å². The number of aliphatic hydroxyl groups is 1. The van der Waals surface area contributed by atoms with Crippen molar-refractivity contribution in [3.63, 3.8) is 0 Å². The molecule has 8 heteroatoms. The van der Waals surface area contributed by atoms with Gasteiger partial charge in [0, 0.05) is 43.6 Å². The number of benzene rings is 1. The van der Waals surface area contributed by atoms with Gasteiger partial charge in [-0.25, -0.2) is 0 Å². The Hall–Kier alpha value is -2.39. The molecule has 2 aliphatic rings. The van der Waals surface area contributed by atoms with Crippen LogP contribution < -0.4 is 10.9 Å². The van der Waals surface area contributed by atoms with Gasteiger partial charge in [0.05, 0.1) is 38.6 Å². The van der Waals surface area contributed by atoms with Crippen LogP contribution in [0.2, 0.25) is 0 Å². The van der Waals surface area contributed by atoms with Crippen LogP contribution in [-0.2, 0) is 22.6 Å². The van der Waals surface area contributed by atoms with Crippen LogP contribution in [0.4, 0.5) is 5.69 Å². The van der Waals surface area contributed by atoms with Crippen LogP contribution in [0.1, 0.15) is 17.5 Å². The first kappa shape index (κ1) is 20.9. The topological polar surface area (TPSA) is 96.2 Å². The van der Waals surface area contributed by atoms with Gasteiger partial charge in [0.25, 0.3) is 5.56 Å². The minimum atomic E-state index is -0.399. The van der Waals surface area contributed by atoms with E-state index in [4.69, 9.17) is 9.47 Å². The van der Waals surface area contributed by atoms with E-state index in [1.807, 2.05) is 29.2 Å². The van der Waals surface area contributed by atoms with Gasteiger partial charge < -0.3 is 29.6 Å². The van der Waals surface area contributed by atoms with E-state index in [0.29, 0.717) is 51.6 Å². The highest BCUT2D eigenvalue weighted by atomic mass is 16.6. The largest absolute Gasteiger partial charge is 0.503 e. The molecule has 0 aliphatic carbocycles. The van der Waals surface area contributed by atoms with Gasteiger partial charge in [-0.05, 0) is 30.2 Å². The lowest BCUT2D eigenvalue weighted by atomic mass is 10.2. The number of anilines is 1. The first-order valence-corrected chi connectivity index (χ1v) is 10.4. The van der Waals surface area contributed by atoms with E-state index in [0.717, 1.165) is 24.2 Å². The molecule has 2 aromatic rings. The summed E-state index contributed by atoms with van der Waals surface area (Å²) in [5, 5.41) is 23.3. The number of hydrogen-bond acceptors (Lipinski definition) is 7. The van der Waals surface area contributed by atoms with Gasteiger partial charge >= 0.3 is 0 Å². The summed E-state index contributed by atoms with van der Waals surface area (Å²) in [5.74, 6) is -0.216. The second kappa shape index (κ2) is 9.61. The van der Waals surface area contributed by atoms with Gasteiger partial charge in [-0.3, -0.25) is 9.69 Å². The summed E-state index contributed by atoms with van der Waals surface area (Å²) in [5.41, 5.74) is 2.14. The number of β-amino-alcohol motifs (C(OH)–C–C–N with tert-alkyl or cyclic N) is 1. The number of likely N-dealkylation sites (tertiary alicyclic amines) is 1. The zero-order valence-corrected chi connectivity index (χ0v) is 17.0. The molecule has 2 aliphatic heterocycles. The van der Waals surface area contributed by atoms with E-state index < -0.39 is 5.56 Å².